The van der Waals surface area contributed by atoms with Gasteiger partial charge in [0.25, 0.3) is 11.7 Å². The number of amides is 1. The van der Waals surface area contributed by atoms with E-state index in [1.54, 1.807) is 24.3 Å². The van der Waals surface area contributed by atoms with Gasteiger partial charge < -0.3 is 14.4 Å². The van der Waals surface area contributed by atoms with E-state index in [1.165, 1.54) is 11.2 Å². The highest BCUT2D eigenvalue weighted by Gasteiger charge is 2.46. The molecule has 0 saturated carbocycles. The van der Waals surface area contributed by atoms with E-state index in [0.29, 0.717) is 11.3 Å². The van der Waals surface area contributed by atoms with E-state index < -0.39 is 17.7 Å². The summed E-state index contributed by atoms with van der Waals surface area (Å²) in [5.41, 5.74) is 3.20. The Bertz CT molecular complexity index is 1160. The average Bonchev–Trinajstić information content (AvgIpc) is 3.32. The summed E-state index contributed by atoms with van der Waals surface area (Å²) in [7, 11) is 0. The van der Waals surface area contributed by atoms with E-state index in [0.717, 1.165) is 21.2 Å². The summed E-state index contributed by atoms with van der Waals surface area (Å²) in [6, 6.07) is 15.7. The molecule has 1 aliphatic rings. The summed E-state index contributed by atoms with van der Waals surface area (Å²) < 4.78 is 6.31. The van der Waals surface area contributed by atoms with Gasteiger partial charge in [-0.25, -0.2) is 0 Å². The van der Waals surface area contributed by atoms with E-state index in [4.69, 9.17) is 4.42 Å². The van der Waals surface area contributed by atoms with Gasteiger partial charge in [-0.05, 0) is 54.8 Å². The van der Waals surface area contributed by atoms with Crippen LogP contribution in [0.15, 0.2) is 75.3 Å². The van der Waals surface area contributed by atoms with Crippen molar-refractivity contribution < 1.29 is 19.1 Å². The number of ketones is 1. The number of Topliss-reactive ketones (excluding diaryl/α,β-unsaturated/α-hetero) is 1. The molecule has 1 N–H and O–H groups in total. The Balaban J connectivity index is 1.90. The van der Waals surface area contributed by atoms with Crippen LogP contribution in [-0.4, -0.2) is 21.7 Å². The summed E-state index contributed by atoms with van der Waals surface area (Å²) in [6.07, 6.45) is 1.53. The van der Waals surface area contributed by atoms with Crippen molar-refractivity contribution in [2.45, 2.75) is 26.4 Å². The van der Waals surface area contributed by atoms with Crippen molar-refractivity contribution in [1.82, 2.24) is 4.90 Å². The number of nitrogens with zero attached hydrogens (tertiary/aromatic N) is 1. The Morgan fingerprint density at radius 1 is 1.07 bits per heavy atom. The van der Waals surface area contributed by atoms with E-state index in [2.05, 4.69) is 15.9 Å². The molecule has 0 aliphatic carbocycles. The zero-order chi connectivity index (χ0) is 21.4. The third-order valence-electron chi connectivity index (χ3n) is 5.36. The molecular weight excluding hydrogens is 446 g/mol. The summed E-state index contributed by atoms with van der Waals surface area (Å²) in [6.45, 7) is 3.95. The molecule has 2 aromatic carbocycles. The molecule has 3 aromatic rings. The number of aliphatic hydroxyl groups excluding tert-OH is 1. The van der Waals surface area contributed by atoms with Crippen molar-refractivity contribution in [3.8, 4) is 0 Å². The number of aliphatic hydroxyl groups is 1. The fraction of sp³-hybridized carbons (Fsp3) is 0.167. The van der Waals surface area contributed by atoms with Gasteiger partial charge in [-0.15, -0.1) is 0 Å². The second-order valence-electron chi connectivity index (χ2n) is 7.33. The number of hydrogen-bond donors (Lipinski definition) is 1. The fourth-order valence-corrected chi connectivity index (χ4v) is 4.02. The standard InChI is InChI=1S/C24H20BrNO4/c1-14-6-3-4-8-18(14)21-20(22(27)16-9-10-19(25)15(2)12-16)23(28)24(29)26(21)13-17-7-5-11-30-17/h3-12,21,27H,13H2,1-2H3/b22-20+. The topological polar surface area (TPSA) is 70.8 Å². The lowest BCUT2D eigenvalue weighted by atomic mass is 9.92. The Kier molecular flexibility index (Phi) is 5.35. The summed E-state index contributed by atoms with van der Waals surface area (Å²) >= 11 is 3.45. The van der Waals surface area contributed by atoms with Gasteiger partial charge in [-0.1, -0.05) is 46.3 Å². The maximum absolute atomic E-state index is 13.1. The number of furan rings is 1. The molecule has 0 radical (unpaired) electrons. The molecule has 0 bridgehead atoms. The number of halogens is 1. The highest BCUT2D eigenvalue weighted by atomic mass is 79.9. The molecule has 1 aliphatic heterocycles. The van der Waals surface area contributed by atoms with Crippen LogP contribution >= 0.6 is 15.9 Å². The van der Waals surface area contributed by atoms with Crippen LogP contribution in [0.25, 0.3) is 5.76 Å². The SMILES string of the molecule is Cc1cc(/C(O)=C2\C(=O)C(=O)N(Cc3ccco3)C2c2ccccc2C)ccc1Br. The van der Waals surface area contributed by atoms with Crippen LogP contribution in [0, 0.1) is 13.8 Å². The lowest BCUT2D eigenvalue weighted by molar-refractivity contribution is -0.140. The van der Waals surface area contributed by atoms with E-state index in [9.17, 15) is 14.7 Å². The molecule has 6 heteroatoms. The minimum Gasteiger partial charge on any atom is -0.507 e. The monoisotopic (exact) mass is 465 g/mol. The zero-order valence-corrected chi connectivity index (χ0v) is 18.1. The van der Waals surface area contributed by atoms with Crippen molar-refractivity contribution >= 4 is 33.4 Å². The predicted octanol–water partition coefficient (Wildman–Crippen LogP) is 5.28. The molecule has 1 saturated heterocycles. The van der Waals surface area contributed by atoms with Gasteiger partial charge in [0.2, 0.25) is 0 Å². The van der Waals surface area contributed by atoms with Crippen LogP contribution in [0.3, 0.4) is 0 Å². The number of carbonyl (C=O) groups is 2. The Morgan fingerprint density at radius 3 is 2.50 bits per heavy atom. The first-order valence-electron chi connectivity index (χ1n) is 9.51. The number of likely N-dealkylation sites (tertiary alicyclic amines) is 1. The molecule has 1 amide bonds. The Labute approximate surface area is 182 Å². The number of benzene rings is 2. The average molecular weight is 466 g/mol. The molecular formula is C24H20BrNO4. The molecule has 152 valence electrons. The van der Waals surface area contributed by atoms with Gasteiger partial charge in [0.1, 0.15) is 11.5 Å². The highest BCUT2D eigenvalue weighted by Crippen LogP contribution is 2.41. The van der Waals surface area contributed by atoms with Crippen LogP contribution in [-0.2, 0) is 16.1 Å². The smallest absolute Gasteiger partial charge is 0.296 e. The van der Waals surface area contributed by atoms with Crippen LogP contribution in [0.2, 0.25) is 0 Å². The normalized spacial score (nSPS) is 18.2. The van der Waals surface area contributed by atoms with Crippen LogP contribution in [0.4, 0.5) is 0 Å². The van der Waals surface area contributed by atoms with Crippen molar-refractivity contribution in [1.29, 1.82) is 0 Å². The molecule has 1 unspecified atom stereocenters. The van der Waals surface area contributed by atoms with Crippen LogP contribution in [0.1, 0.15) is 34.1 Å². The van der Waals surface area contributed by atoms with Gasteiger partial charge >= 0.3 is 0 Å². The number of aryl methyl sites for hydroxylation is 2. The van der Waals surface area contributed by atoms with Crippen molar-refractivity contribution in [2.75, 3.05) is 0 Å². The predicted molar refractivity (Wildman–Crippen MR) is 117 cm³/mol. The van der Waals surface area contributed by atoms with Crippen LogP contribution < -0.4 is 0 Å². The third-order valence-corrected chi connectivity index (χ3v) is 6.25. The Morgan fingerprint density at radius 2 is 1.83 bits per heavy atom. The van der Waals surface area contributed by atoms with Gasteiger partial charge in [0.15, 0.2) is 0 Å². The van der Waals surface area contributed by atoms with Gasteiger partial charge in [0.05, 0.1) is 24.4 Å². The minimum atomic E-state index is -0.708. The van der Waals surface area contributed by atoms with Gasteiger partial charge in [-0.3, -0.25) is 9.59 Å². The van der Waals surface area contributed by atoms with Gasteiger partial charge in [0, 0.05) is 10.0 Å². The fourth-order valence-electron chi connectivity index (χ4n) is 3.78. The molecule has 5 nitrogen and oxygen atoms in total. The molecule has 4 rings (SSSR count). The maximum Gasteiger partial charge on any atom is 0.296 e. The molecule has 1 aromatic heterocycles. The number of hydrogen-bond acceptors (Lipinski definition) is 4. The lowest BCUT2D eigenvalue weighted by Crippen LogP contribution is -2.29. The zero-order valence-electron chi connectivity index (χ0n) is 16.6. The van der Waals surface area contributed by atoms with E-state index in [1.807, 2.05) is 44.2 Å². The van der Waals surface area contributed by atoms with E-state index in [-0.39, 0.29) is 17.9 Å². The van der Waals surface area contributed by atoms with Crippen LogP contribution in [0.5, 0.6) is 0 Å². The molecule has 1 fully saturated rings. The van der Waals surface area contributed by atoms with Crippen molar-refractivity contribution in [2.24, 2.45) is 0 Å². The summed E-state index contributed by atoms with van der Waals surface area (Å²) in [5, 5.41) is 11.1. The molecule has 1 atom stereocenters. The van der Waals surface area contributed by atoms with Crippen molar-refractivity contribution in [3.05, 3.63) is 98.9 Å². The largest absolute Gasteiger partial charge is 0.507 e. The highest BCUT2D eigenvalue weighted by molar-refractivity contribution is 9.10. The first-order valence-corrected chi connectivity index (χ1v) is 10.3. The number of rotatable bonds is 4. The third kappa shape index (κ3) is 3.48. The molecule has 2 heterocycles. The number of carbonyl (C=O) groups excluding carboxylic acids is 2. The minimum absolute atomic E-state index is 0.0857. The van der Waals surface area contributed by atoms with E-state index >= 15 is 0 Å². The molecule has 0 spiro atoms. The summed E-state index contributed by atoms with van der Waals surface area (Å²) in [5.74, 6) is -0.975. The van der Waals surface area contributed by atoms with Gasteiger partial charge in [-0.2, -0.15) is 0 Å². The quantitative estimate of drug-likeness (QED) is 0.323. The first-order chi connectivity index (χ1) is 14.4. The second-order valence-corrected chi connectivity index (χ2v) is 8.18. The Hall–Kier alpha value is -3.12. The lowest BCUT2D eigenvalue weighted by Gasteiger charge is -2.25. The van der Waals surface area contributed by atoms with Crippen molar-refractivity contribution in [3.63, 3.8) is 0 Å². The second kappa shape index (κ2) is 7.95. The first kappa shape index (κ1) is 20.2. The maximum atomic E-state index is 13.1. The molecule has 30 heavy (non-hydrogen) atoms. The summed E-state index contributed by atoms with van der Waals surface area (Å²) in [4.78, 5) is 27.5.